The Morgan fingerprint density at radius 2 is 2.19 bits per heavy atom. The van der Waals surface area contributed by atoms with E-state index >= 15 is 0 Å². The Kier molecular flexibility index (Phi) is 5.91. The van der Waals surface area contributed by atoms with Gasteiger partial charge in [-0.25, -0.2) is 18.1 Å². The van der Waals surface area contributed by atoms with Crippen LogP contribution in [0.4, 0.5) is 0 Å². The number of carbonyl (C=O) groups is 1. The van der Waals surface area contributed by atoms with Crippen molar-refractivity contribution in [1.29, 1.82) is 0 Å². The van der Waals surface area contributed by atoms with Gasteiger partial charge in [0, 0.05) is 43.3 Å². The summed E-state index contributed by atoms with van der Waals surface area (Å²) in [5, 5.41) is 3.74. The van der Waals surface area contributed by atoms with E-state index in [4.69, 9.17) is 11.6 Å². The second-order valence-corrected chi connectivity index (χ2v) is 9.12. The molecule has 0 unspecified atom stereocenters. The van der Waals surface area contributed by atoms with Crippen LogP contribution >= 0.6 is 23.4 Å². The first-order chi connectivity index (χ1) is 12.4. The first-order valence-electron chi connectivity index (χ1n) is 8.07. The van der Waals surface area contributed by atoms with Crippen molar-refractivity contribution < 1.29 is 13.2 Å². The van der Waals surface area contributed by atoms with Gasteiger partial charge < -0.3 is 9.88 Å². The normalized spacial score (nSPS) is 14.4. The first kappa shape index (κ1) is 19.2. The summed E-state index contributed by atoms with van der Waals surface area (Å²) in [6.07, 6.45) is 5.22. The van der Waals surface area contributed by atoms with Crippen molar-refractivity contribution in [1.82, 2.24) is 19.6 Å². The van der Waals surface area contributed by atoms with Crippen LogP contribution in [0.2, 0.25) is 5.02 Å². The zero-order valence-electron chi connectivity index (χ0n) is 14.1. The monoisotopic (exact) mass is 414 g/mol. The minimum Gasteiger partial charge on any atom is -0.351 e. The Hall–Kier alpha value is -1.55. The Morgan fingerprint density at radius 1 is 1.42 bits per heavy atom. The van der Waals surface area contributed by atoms with Crippen LogP contribution in [0.3, 0.4) is 0 Å². The number of halogens is 1. The molecule has 0 aliphatic heterocycles. The molecule has 26 heavy (non-hydrogen) atoms. The molecule has 1 aromatic heterocycles. The predicted octanol–water partition coefficient (Wildman–Crippen LogP) is 2.04. The number of sulfonamides is 1. The lowest BCUT2D eigenvalue weighted by Crippen LogP contribution is -2.28. The number of hydrogen-bond acceptors (Lipinski definition) is 5. The van der Waals surface area contributed by atoms with Crippen LogP contribution in [0.25, 0.3) is 0 Å². The number of nitrogens with zero attached hydrogens (tertiary/aromatic N) is 2. The highest BCUT2D eigenvalue weighted by Gasteiger charge is 2.29. The highest BCUT2D eigenvalue weighted by atomic mass is 35.5. The Balaban J connectivity index is 1.60. The molecule has 0 radical (unpaired) electrons. The topological polar surface area (TPSA) is 93.1 Å². The fourth-order valence-electron chi connectivity index (χ4n) is 2.23. The van der Waals surface area contributed by atoms with Crippen LogP contribution in [0.1, 0.15) is 23.2 Å². The summed E-state index contributed by atoms with van der Waals surface area (Å²) in [6.45, 7) is 0.432. The quantitative estimate of drug-likeness (QED) is 0.509. The van der Waals surface area contributed by atoms with Crippen molar-refractivity contribution in [2.75, 3.05) is 12.3 Å². The predicted molar refractivity (Wildman–Crippen MR) is 101 cm³/mol. The summed E-state index contributed by atoms with van der Waals surface area (Å²) in [7, 11) is -1.82. The van der Waals surface area contributed by atoms with Crippen LogP contribution in [0, 0.1) is 0 Å². The number of hydrogen-bond donors (Lipinski definition) is 2. The van der Waals surface area contributed by atoms with E-state index in [-0.39, 0.29) is 27.4 Å². The maximum atomic E-state index is 12.4. The van der Waals surface area contributed by atoms with Crippen molar-refractivity contribution in [2.45, 2.75) is 28.9 Å². The van der Waals surface area contributed by atoms with Crippen molar-refractivity contribution in [2.24, 2.45) is 7.05 Å². The number of thioether (sulfide) groups is 1. The van der Waals surface area contributed by atoms with Gasteiger partial charge >= 0.3 is 0 Å². The third-order valence-electron chi connectivity index (χ3n) is 3.78. The third-order valence-corrected chi connectivity index (χ3v) is 6.84. The van der Waals surface area contributed by atoms with Gasteiger partial charge in [-0.2, -0.15) is 0 Å². The minimum absolute atomic E-state index is 0.0308. The zero-order valence-corrected chi connectivity index (χ0v) is 16.5. The number of benzene rings is 1. The third kappa shape index (κ3) is 4.79. The van der Waals surface area contributed by atoms with Gasteiger partial charge in [0.05, 0.1) is 5.02 Å². The van der Waals surface area contributed by atoms with E-state index in [0.717, 1.165) is 18.0 Å². The van der Waals surface area contributed by atoms with Gasteiger partial charge in [-0.3, -0.25) is 4.79 Å². The maximum absolute atomic E-state index is 12.4. The average Bonchev–Trinajstić information content (AvgIpc) is 3.30. The van der Waals surface area contributed by atoms with Crippen LogP contribution in [0.5, 0.6) is 0 Å². The van der Waals surface area contributed by atoms with Gasteiger partial charge in [-0.1, -0.05) is 23.4 Å². The first-order valence-corrected chi connectivity index (χ1v) is 10.9. The summed E-state index contributed by atoms with van der Waals surface area (Å²) >= 11 is 7.55. The number of aryl methyl sites for hydroxylation is 1. The number of aromatic nitrogens is 2. The van der Waals surface area contributed by atoms with Gasteiger partial charge in [-0.05, 0) is 31.0 Å². The van der Waals surface area contributed by atoms with E-state index in [9.17, 15) is 13.2 Å². The van der Waals surface area contributed by atoms with Crippen molar-refractivity contribution in [3.63, 3.8) is 0 Å². The molecular weight excluding hydrogens is 396 g/mol. The number of carbonyl (C=O) groups excluding carboxylic acids is 1. The second kappa shape index (κ2) is 7.99. The van der Waals surface area contributed by atoms with Gasteiger partial charge in [0.15, 0.2) is 5.16 Å². The molecule has 2 N–H and O–H groups in total. The maximum Gasteiger partial charge on any atom is 0.251 e. The van der Waals surface area contributed by atoms with Gasteiger partial charge in [0.25, 0.3) is 5.91 Å². The standard InChI is InChI=1S/C16H19ClN4O3S2/c1-21-8-6-19-16(21)25-9-7-18-15(22)11-2-5-13(17)14(10-11)26(23,24)20-12-3-4-12/h2,5-6,8,10,12,20H,3-4,7,9H2,1H3,(H,18,22). The molecule has 10 heteroatoms. The fraction of sp³-hybridized carbons (Fsp3) is 0.375. The number of rotatable bonds is 8. The summed E-state index contributed by atoms with van der Waals surface area (Å²) in [6, 6.07) is 4.23. The molecule has 1 fully saturated rings. The molecular formula is C16H19ClN4O3S2. The largest absolute Gasteiger partial charge is 0.351 e. The molecule has 140 valence electrons. The van der Waals surface area contributed by atoms with Crippen molar-refractivity contribution in [3.8, 4) is 0 Å². The molecule has 1 aliphatic rings. The highest BCUT2D eigenvalue weighted by Crippen LogP contribution is 2.26. The van der Waals surface area contributed by atoms with Crippen LogP contribution in [-0.2, 0) is 17.1 Å². The van der Waals surface area contributed by atoms with E-state index < -0.39 is 10.0 Å². The zero-order chi connectivity index (χ0) is 18.7. The lowest BCUT2D eigenvalue weighted by Gasteiger charge is -2.10. The van der Waals surface area contributed by atoms with E-state index in [1.165, 1.54) is 30.0 Å². The van der Waals surface area contributed by atoms with E-state index in [1.54, 1.807) is 6.20 Å². The minimum atomic E-state index is -3.72. The number of nitrogens with one attached hydrogen (secondary N) is 2. The summed E-state index contributed by atoms with van der Waals surface area (Å²) in [4.78, 5) is 16.4. The van der Waals surface area contributed by atoms with Gasteiger partial charge in [0.1, 0.15) is 4.90 Å². The van der Waals surface area contributed by atoms with Crippen LogP contribution < -0.4 is 10.0 Å². The molecule has 1 amide bonds. The molecule has 1 saturated carbocycles. The fourth-order valence-corrected chi connectivity index (χ4v) is 4.85. The number of amides is 1. The number of imidazole rings is 1. The smallest absolute Gasteiger partial charge is 0.251 e. The molecule has 0 bridgehead atoms. The van der Waals surface area contributed by atoms with E-state index in [1.807, 2.05) is 17.8 Å². The molecule has 3 rings (SSSR count). The van der Waals surface area contributed by atoms with E-state index in [2.05, 4.69) is 15.0 Å². The van der Waals surface area contributed by atoms with Crippen molar-refractivity contribution in [3.05, 3.63) is 41.2 Å². The summed E-state index contributed by atoms with van der Waals surface area (Å²) < 4.78 is 29.2. The molecule has 2 aromatic rings. The SMILES string of the molecule is Cn1ccnc1SCCNC(=O)c1ccc(Cl)c(S(=O)(=O)NC2CC2)c1. The lowest BCUT2D eigenvalue weighted by molar-refractivity contribution is 0.0956. The molecule has 0 saturated heterocycles. The molecule has 0 spiro atoms. The Morgan fingerprint density at radius 3 is 2.85 bits per heavy atom. The van der Waals surface area contributed by atoms with Gasteiger partial charge in [-0.15, -0.1) is 0 Å². The molecule has 1 aliphatic carbocycles. The Labute approximate surface area is 161 Å². The molecule has 1 aromatic carbocycles. The summed E-state index contributed by atoms with van der Waals surface area (Å²) in [5.41, 5.74) is 0.257. The van der Waals surface area contributed by atoms with Crippen LogP contribution in [0.15, 0.2) is 40.6 Å². The Bertz CT molecular complexity index is 910. The van der Waals surface area contributed by atoms with Crippen LogP contribution in [-0.4, -0.2) is 42.2 Å². The van der Waals surface area contributed by atoms with Crippen molar-refractivity contribution >= 4 is 39.3 Å². The summed E-state index contributed by atoms with van der Waals surface area (Å²) in [5.74, 6) is 0.309. The van der Waals surface area contributed by atoms with E-state index in [0.29, 0.717) is 12.3 Å². The molecule has 0 atom stereocenters. The lowest BCUT2D eigenvalue weighted by atomic mass is 10.2. The second-order valence-electron chi connectivity index (χ2n) is 5.97. The molecule has 7 nitrogen and oxygen atoms in total. The van der Waals surface area contributed by atoms with Gasteiger partial charge in [0.2, 0.25) is 10.0 Å². The highest BCUT2D eigenvalue weighted by molar-refractivity contribution is 7.99. The molecule has 1 heterocycles. The average molecular weight is 415 g/mol.